The van der Waals surface area contributed by atoms with Gasteiger partial charge in [0.15, 0.2) is 0 Å². The summed E-state index contributed by atoms with van der Waals surface area (Å²) in [5.74, 6) is 0.159. The van der Waals surface area contributed by atoms with Gasteiger partial charge in [-0.1, -0.05) is 0 Å². The number of aryl methyl sites for hydroxylation is 1. The van der Waals surface area contributed by atoms with Crippen molar-refractivity contribution in [2.24, 2.45) is 0 Å². The summed E-state index contributed by atoms with van der Waals surface area (Å²) in [4.78, 5) is 25.0. The lowest BCUT2D eigenvalue weighted by molar-refractivity contribution is 0.0585. The molecule has 154 valence electrons. The van der Waals surface area contributed by atoms with E-state index in [9.17, 15) is 19.8 Å². The van der Waals surface area contributed by atoms with Crippen LogP contribution < -0.4 is 9.47 Å². The second-order valence-electron chi connectivity index (χ2n) is 7.44. The zero-order valence-electron chi connectivity index (χ0n) is 16.2. The predicted octanol–water partition coefficient (Wildman–Crippen LogP) is 2.60. The number of esters is 1. The lowest BCUT2D eigenvalue weighted by atomic mass is 10.1. The monoisotopic (exact) mass is 393 g/mol. The number of carbonyl (C=O) groups is 2. The minimum absolute atomic E-state index is 0.0275. The van der Waals surface area contributed by atoms with E-state index in [1.807, 2.05) is 6.92 Å². The minimum Gasteiger partial charge on any atom is -0.490 e. The Hall–Kier alpha value is -2.48. The highest BCUT2D eigenvalue weighted by molar-refractivity contribution is 5.95. The molecule has 2 aliphatic rings. The number of aliphatic hydroxyl groups excluding tert-OH is 1. The molecule has 0 aromatic heterocycles. The average Bonchev–Trinajstić information content (AvgIpc) is 3.28. The number of aliphatic hydroxyl groups is 1. The molecule has 2 N–H and O–H groups in total. The van der Waals surface area contributed by atoms with Gasteiger partial charge in [-0.3, -0.25) is 4.90 Å². The first kappa shape index (κ1) is 20.3. The molecule has 0 spiro atoms. The smallest absolute Gasteiger partial charge is 0.407 e. The predicted molar refractivity (Wildman–Crippen MR) is 100 cm³/mol. The Morgan fingerprint density at radius 1 is 1.21 bits per heavy atom. The molecule has 2 fully saturated rings. The summed E-state index contributed by atoms with van der Waals surface area (Å²) in [6.45, 7) is 1.95. The summed E-state index contributed by atoms with van der Waals surface area (Å²) in [6.07, 6.45) is 2.61. The van der Waals surface area contributed by atoms with Crippen molar-refractivity contribution in [3.05, 3.63) is 23.3 Å². The third-order valence-corrected chi connectivity index (χ3v) is 5.26. The van der Waals surface area contributed by atoms with Gasteiger partial charge in [0.1, 0.15) is 23.7 Å². The molecular formula is C20H27NO7. The molecule has 0 bridgehead atoms. The number of β-amino-alcohol motifs (C(OH)–C–C–N with tert-alkyl or cyclic N) is 1. The largest absolute Gasteiger partial charge is 0.490 e. The molecule has 1 aromatic rings. The minimum atomic E-state index is -1.10. The molecule has 8 heteroatoms. The SMILES string of the molecule is COC(=O)c1c(OC[C@H]2C[C@H](O)CN2C(=O)O)cc(C)cc1OC1CCCC1. The summed E-state index contributed by atoms with van der Waals surface area (Å²) >= 11 is 0. The Labute approximate surface area is 164 Å². The van der Waals surface area contributed by atoms with Crippen LogP contribution in [0.4, 0.5) is 4.79 Å². The van der Waals surface area contributed by atoms with E-state index in [4.69, 9.17) is 14.2 Å². The number of nitrogens with zero attached hydrogens (tertiary/aromatic N) is 1. The Morgan fingerprint density at radius 3 is 2.54 bits per heavy atom. The first-order chi connectivity index (χ1) is 13.4. The maximum atomic E-state index is 12.4. The van der Waals surface area contributed by atoms with Crippen molar-refractivity contribution in [2.75, 3.05) is 20.3 Å². The summed E-state index contributed by atoms with van der Waals surface area (Å²) in [7, 11) is 1.30. The highest BCUT2D eigenvalue weighted by Gasteiger charge is 2.35. The van der Waals surface area contributed by atoms with Gasteiger partial charge in [-0.25, -0.2) is 9.59 Å². The van der Waals surface area contributed by atoms with E-state index in [1.54, 1.807) is 12.1 Å². The van der Waals surface area contributed by atoms with Gasteiger partial charge in [0.2, 0.25) is 0 Å². The van der Waals surface area contributed by atoms with Crippen LogP contribution in [0.3, 0.4) is 0 Å². The first-order valence-corrected chi connectivity index (χ1v) is 9.59. The quantitative estimate of drug-likeness (QED) is 0.716. The highest BCUT2D eigenvalue weighted by atomic mass is 16.5. The van der Waals surface area contributed by atoms with Crippen LogP contribution in [-0.4, -0.2) is 65.7 Å². The Balaban J connectivity index is 1.83. The molecule has 0 unspecified atom stereocenters. The van der Waals surface area contributed by atoms with Crippen molar-refractivity contribution >= 4 is 12.1 Å². The number of methoxy groups -OCH3 is 1. The molecule has 0 radical (unpaired) electrons. The fourth-order valence-electron chi connectivity index (χ4n) is 3.89. The van der Waals surface area contributed by atoms with Gasteiger partial charge >= 0.3 is 12.1 Å². The van der Waals surface area contributed by atoms with Crippen molar-refractivity contribution in [3.8, 4) is 11.5 Å². The van der Waals surface area contributed by atoms with E-state index in [0.717, 1.165) is 36.1 Å². The molecule has 1 saturated heterocycles. The zero-order valence-corrected chi connectivity index (χ0v) is 16.2. The van der Waals surface area contributed by atoms with E-state index in [1.165, 1.54) is 7.11 Å². The fourth-order valence-corrected chi connectivity index (χ4v) is 3.89. The van der Waals surface area contributed by atoms with Gasteiger partial charge in [-0.15, -0.1) is 0 Å². The first-order valence-electron chi connectivity index (χ1n) is 9.59. The second kappa shape index (κ2) is 8.68. The van der Waals surface area contributed by atoms with Crippen LogP contribution in [0.5, 0.6) is 11.5 Å². The summed E-state index contributed by atoms with van der Waals surface area (Å²) in [6, 6.07) is 3.02. The number of carboxylic acid groups (broad SMARTS) is 1. The van der Waals surface area contributed by atoms with Crippen molar-refractivity contribution in [3.63, 3.8) is 0 Å². The van der Waals surface area contributed by atoms with Crippen molar-refractivity contribution in [1.82, 2.24) is 4.90 Å². The van der Waals surface area contributed by atoms with Crippen molar-refractivity contribution in [2.45, 2.75) is 57.3 Å². The van der Waals surface area contributed by atoms with Crippen LogP contribution in [-0.2, 0) is 4.74 Å². The topological polar surface area (TPSA) is 106 Å². The van der Waals surface area contributed by atoms with Crippen molar-refractivity contribution < 1.29 is 34.0 Å². The Morgan fingerprint density at radius 2 is 1.89 bits per heavy atom. The third kappa shape index (κ3) is 4.49. The Kier molecular flexibility index (Phi) is 6.28. The molecule has 8 nitrogen and oxygen atoms in total. The number of carbonyl (C=O) groups excluding carboxylic acids is 1. The molecule has 2 atom stereocenters. The second-order valence-corrected chi connectivity index (χ2v) is 7.44. The van der Waals surface area contributed by atoms with Crippen LogP contribution >= 0.6 is 0 Å². The van der Waals surface area contributed by atoms with Gasteiger partial charge in [0, 0.05) is 0 Å². The molecule has 1 amide bonds. The summed E-state index contributed by atoms with van der Waals surface area (Å²) in [5.41, 5.74) is 1.07. The molecule has 1 aliphatic heterocycles. The fraction of sp³-hybridized carbons (Fsp3) is 0.600. The van der Waals surface area contributed by atoms with Crippen LogP contribution in [0.2, 0.25) is 0 Å². The summed E-state index contributed by atoms with van der Waals surface area (Å²) < 4.78 is 16.9. The number of rotatable bonds is 6. The van der Waals surface area contributed by atoms with Gasteiger partial charge in [0.25, 0.3) is 0 Å². The molecule has 28 heavy (non-hydrogen) atoms. The number of hydrogen-bond donors (Lipinski definition) is 2. The average molecular weight is 393 g/mol. The van der Waals surface area contributed by atoms with Crippen LogP contribution in [0.15, 0.2) is 12.1 Å². The molecule has 1 aliphatic carbocycles. The third-order valence-electron chi connectivity index (χ3n) is 5.26. The van der Waals surface area contributed by atoms with Crippen LogP contribution in [0.25, 0.3) is 0 Å². The van der Waals surface area contributed by atoms with E-state index in [-0.39, 0.29) is 31.2 Å². The molecule has 3 rings (SSSR count). The number of ether oxygens (including phenoxy) is 3. The van der Waals surface area contributed by atoms with Gasteiger partial charge < -0.3 is 24.4 Å². The lowest BCUT2D eigenvalue weighted by Gasteiger charge is -2.23. The van der Waals surface area contributed by atoms with Gasteiger partial charge in [-0.05, 0) is 56.7 Å². The molecule has 1 aromatic carbocycles. The van der Waals surface area contributed by atoms with E-state index in [2.05, 4.69) is 0 Å². The number of likely N-dealkylation sites (tertiary alicyclic amines) is 1. The number of hydrogen-bond acceptors (Lipinski definition) is 6. The van der Waals surface area contributed by atoms with Crippen molar-refractivity contribution in [1.29, 1.82) is 0 Å². The zero-order chi connectivity index (χ0) is 20.3. The molecule has 1 heterocycles. The van der Waals surface area contributed by atoms with Gasteiger partial charge in [0.05, 0.1) is 31.9 Å². The standard InChI is InChI=1S/C20H27NO7/c1-12-7-16(27-11-13-9-14(22)10-21(13)20(24)25)18(19(23)26-2)17(8-12)28-15-5-3-4-6-15/h7-8,13-15,22H,3-6,9-11H2,1-2H3,(H,24,25)/t13-,14+/m1/s1. The maximum Gasteiger partial charge on any atom is 0.407 e. The van der Waals surface area contributed by atoms with Crippen LogP contribution in [0.1, 0.15) is 48.0 Å². The number of benzene rings is 1. The number of amides is 1. The van der Waals surface area contributed by atoms with Crippen LogP contribution in [0, 0.1) is 6.92 Å². The lowest BCUT2D eigenvalue weighted by Crippen LogP contribution is -2.38. The molecular weight excluding hydrogens is 366 g/mol. The van der Waals surface area contributed by atoms with Gasteiger partial charge in [-0.2, -0.15) is 0 Å². The Bertz CT molecular complexity index is 730. The summed E-state index contributed by atoms with van der Waals surface area (Å²) in [5, 5.41) is 19.1. The van der Waals surface area contributed by atoms with E-state index >= 15 is 0 Å². The van der Waals surface area contributed by atoms with E-state index in [0.29, 0.717) is 11.5 Å². The maximum absolute atomic E-state index is 12.4. The molecule has 1 saturated carbocycles. The highest BCUT2D eigenvalue weighted by Crippen LogP contribution is 2.35. The van der Waals surface area contributed by atoms with E-state index < -0.39 is 24.2 Å². The normalized spacial score (nSPS) is 22.3.